The van der Waals surface area contributed by atoms with Crippen molar-refractivity contribution in [3.8, 4) is 17.2 Å². The fourth-order valence-corrected chi connectivity index (χ4v) is 6.86. The van der Waals surface area contributed by atoms with Crippen LogP contribution in [0.4, 0.5) is 11.4 Å². The average molecular weight is 658 g/mol. The Morgan fingerprint density at radius 2 is 1.59 bits per heavy atom. The van der Waals surface area contributed by atoms with E-state index in [9.17, 15) is 9.59 Å². The van der Waals surface area contributed by atoms with E-state index in [1.807, 2.05) is 66.7 Å². The van der Waals surface area contributed by atoms with Gasteiger partial charge in [0, 0.05) is 15.7 Å². The Kier molecular flexibility index (Phi) is 7.18. The maximum absolute atomic E-state index is 14.2. The molecule has 2 saturated heterocycles. The highest BCUT2D eigenvalue weighted by Crippen LogP contribution is 2.59. The number of rotatable bonds is 7. The Balaban J connectivity index is 1.40. The molecule has 4 aromatic rings. The third-order valence-electron chi connectivity index (χ3n) is 8.52. The van der Waals surface area contributed by atoms with Gasteiger partial charge in [0.1, 0.15) is 42.0 Å². The Labute approximate surface area is 262 Å². The van der Waals surface area contributed by atoms with E-state index in [-0.39, 0.29) is 12.5 Å². The Morgan fingerprint density at radius 3 is 2.27 bits per heavy atom. The quantitative estimate of drug-likeness (QED) is 0.184. The molecule has 4 aromatic carbocycles. The van der Waals surface area contributed by atoms with Crippen molar-refractivity contribution in [1.29, 1.82) is 0 Å². The molecule has 3 heterocycles. The van der Waals surface area contributed by atoms with Crippen LogP contribution < -0.4 is 24.2 Å². The van der Waals surface area contributed by atoms with E-state index in [1.54, 1.807) is 53.5 Å². The molecule has 2 fully saturated rings. The van der Waals surface area contributed by atoms with Crippen molar-refractivity contribution in [3.63, 3.8) is 0 Å². The summed E-state index contributed by atoms with van der Waals surface area (Å²) in [6.07, 6.45) is -1.88. The number of hydroxylamine groups is 1. The van der Waals surface area contributed by atoms with Crippen LogP contribution >= 0.6 is 15.9 Å². The van der Waals surface area contributed by atoms with Crippen LogP contribution in [0.5, 0.6) is 17.2 Å². The summed E-state index contributed by atoms with van der Waals surface area (Å²) in [6, 6.07) is 30.2. The van der Waals surface area contributed by atoms with Gasteiger partial charge in [-0.1, -0.05) is 52.3 Å². The van der Waals surface area contributed by atoms with Gasteiger partial charge >= 0.3 is 5.97 Å². The number of methoxy groups -OCH3 is 2. The van der Waals surface area contributed by atoms with Gasteiger partial charge in [-0.15, -0.1) is 0 Å². The zero-order chi connectivity index (χ0) is 30.4. The molecule has 0 spiro atoms. The van der Waals surface area contributed by atoms with Gasteiger partial charge in [0.05, 0.1) is 19.9 Å². The molecule has 9 nitrogen and oxygen atoms in total. The van der Waals surface area contributed by atoms with E-state index < -0.39 is 35.7 Å². The van der Waals surface area contributed by atoms with Gasteiger partial charge in [0.25, 0.3) is 5.91 Å². The number of ether oxygens (including phenoxy) is 4. The van der Waals surface area contributed by atoms with E-state index in [0.717, 1.165) is 15.7 Å². The van der Waals surface area contributed by atoms with Crippen LogP contribution in [0.1, 0.15) is 11.6 Å². The summed E-state index contributed by atoms with van der Waals surface area (Å²) in [5.41, 5.74) is 0.729. The van der Waals surface area contributed by atoms with Crippen LogP contribution in [0, 0.1) is 5.41 Å². The SMILES string of the molecule is COC(=O)[C@@]12COc3ccc(Br)cc3[C@@H]1N(c1ccccc1)O[C@H]2[C@H]1[C@H](Oc2ccccc2)C(=O)N1c1ccc(OC)cc1. The van der Waals surface area contributed by atoms with Crippen molar-refractivity contribution in [2.75, 3.05) is 30.8 Å². The van der Waals surface area contributed by atoms with Crippen LogP contribution in [0.2, 0.25) is 0 Å². The van der Waals surface area contributed by atoms with E-state index >= 15 is 0 Å². The lowest BCUT2D eigenvalue weighted by molar-refractivity contribution is -0.167. The number of β-lactam (4-membered cyclic amide) rings is 1. The minimum atomic E-state index is -1.38. The topological polar surface area (TPSA) is 86.8 Å². The Bertz CT molecular complexity index is 1690. The molecule has 44 heavy (non-hydrogen) atoms. The van der Waals surface area contributed by atoms with Gasteiger partial charge in [0.2, 0.25) is 6.10 Å². The number of fused-ring (bicyclic) bond motifs is 3. The van der Waals surface area contributed by atoms with Gasteiger partial charge in [-0.25, -0.2) is 5.06 Å². The molecule has 0 radical (unpaired) electrons. The zero-order valence-electron chi connectivity index (χ0n) is 24.0. The largest absolute Gasteiger partial charge is 0.497 e. The Hall–Kier alpha value is -4.54. The first-order valence-corrected chi connectivity index (χ1v) is 15.0. The third kappa shape index (κ3) is 4.39. The molecule has 0 bridgehead atoms. The van der Waals surface area contributed by atoms with Crippen molar-refractivity contribution in [2.24, 2.45) is 5.41 Å². The van der Waals surface area contributed by atoms with E-state index in [4.69, 9.17) is 23.8 Å². The molecule has 3 aliphatic rings. The molecule has 7 rings (SSSR count). The van der Waals surface area contributed by atoms with Crippen molar-refractivity contribution < 1.29 is 33.4 Å². The van der Waals surface area contributed by atoms with Gasteiger partial charge in [0.15, 0.2) is 5.41 Å². The van der Waals surface area contributed by atoms with Gasteiger partial charge in [-0.3, -0.25) is 19.3 Å². The molecule has 5 atom stereocenters. The second kappa shape index (κ2) is 11.2. The highest BCUT2D eigenvalue weighted by Gasteiger charge is 2.72. The first-order valence-electron chi connectivity index (χ1n) is 14.2. The van der Waals surface area contributed by atoms with E-state index in [1.165, 1.54) is 7.11 Å². The number of carbonyl (C=O) groups is 2. The minimum Gasteiger partial charge on any atom is -0.497 e. The highest BCUT2D eigenvalue weighted by atomic mass is 79.9. The minimum absolute atomic E-state index is 0.0355. The summed E-state index contributed by atoms with van der Waals surface area (Å²) in [6.45, 7) is -0.0355. The van der Waals surface area contributed by atoms with Crippen LogP contribution in [0.25, 0.3) is 0 Å². The van der Waals surface area contributed by atoms with Crippen LogP contribution in [0.15, 0.2) is 108 Å². The predicted molar refractivity (Wildman–Crippen MR) is 166 cm³/mol. The molecule has 0 aliphatic carbocycles. The van der Waals surface area contributed by atoms with E-state index in [2.05, 4.69) is 15.9 Å². The molecule has 3 aliphatic heterocycles. The standard InChI is InChI=1S/C34H29BrN2O7/c1-40-24-16-14-22(15-17-24)36-28(29(32(36)38)43-25-11-7-4-8-12-25)31-34(33(39)41-2)20-42-27-18-13-21(35)19-26(27)30(34)37(44-31)23-9-5-3-6-10-23/h3-19,28-31H,20H2,1-2H3/t28-,29+,30+,31+,34+/m1/s1. The summed E-state index contributed by atoms with van der Waals surface area (Å²) in [7, 11) is 2.94. The maximum Gasteiger partial charge on any atom is 0.320 e. The average Bonchev–Trinajstić information content (AvgIpc) is 3.42. The summed E-state index contributed by atoms with van der Waals surface area (Å²) in [5.74, 6) is 1.04. The number of amides is 1. The number of hydrogen-bond donors (Lipinski definition) is 0. The second-order valence-electron chi connectivity index (χ2n) is 10.8. The molecule has 0 saturated carbocycles. The van der Waals surface area contributed by atoms with Gasteiger partial charge in [-0.2, -0.15) is 0 Å². The number of carbonyl (C=O) groups excluding carboxylic acids is 2. The fourth-order valence-electron chi connectivity index (χ4n) is 6.48. The van der Waals surface area contributed by atoms with Gasteiger partial charge < -0.3 is 18.9 Å². The molecule has 10 heteroatoms. The molecule has 224 valence electrons. The monoisotopic (exact) mass is 656 g/mol. The van der Waals surface area contributed by atoms with Crippen molar-refractivity contribution in [2.45, 2.75) is 24.3 Å². The number of halogens is 1. The number of hydrogen-bond acceptors (Lipinski definition) is 8. The second-order valence-corrected chi connectivity index (χ2v) is 11.8. The lowest BCUT2D eigenvalue weighted by Gasteiger charge is -2.51. The molecular formula is C34H29BrN2O7. The Morgan fingerprint density at radius 1 is 0.886 bits per heavy atom. The molecule has 0 N–H and O–H groups in total. The summed E-state index contributed by atoms with van der Waals surface area (Å²) < 4.78 is 24.3. The number of anilines is 2. The smallest absolute Gasteiger partial charge is 0.320 e. The lowest BCUT2D eigenvalue weighted by atomic mass is 9.67. The predicted octanol–water partition coefficient (Wildman–Crippen LogP) is 5.73. The van der Waals surface area contributed by atoms with Gasteiger partial charge in [-0.05, 0) is 66.7 Å². The first-order chi connectivity index (χ1) is 21.5. The molecular weight excluding hydrogens is 628 g/mol. The fraction of sp³-hybridized carbons (Fsp3) is 0.235. The number of benzene rings is 4. The van der Waals surface area contributed by atoms with Crippen LogP contribution in [0.3, 0.4) is 0 Å². The van der Waals surface area contributed by atoms with E-state index in [0.29, 0.717) is 22.9 Å². The lowest BCUT2D eigenvalue weighted by Crippen LogP contribution is -2.74. The third-order valence-corrected chi connectivity index (χ3v) is 9.02. The van der Waals surface area contributed by atoms with Crippen LogP contribution in [-0.4, -0.2) is 51.0 Å². The normalized spacial score (nSPS) is 25.3. The number of para-hydroxylation sites is 2. The molecule has 1 amide bonds. The first kappa shape index (κ1) is 28.2. The number of nitrogens with zero attached hydrogens (tertiary/aromatic N) is 2. The highest BCUT2D eigenvalue weighted by molar-refractivity contribution is 9.10. The number of esters is 1. The van der Waals surface area contributed by atoms with Crippen molar-refractivity contribution in [3.05, 3.63) is 113 Å². The summed E-state index contributed by atoms with van der Waals surface area (Å²) >= 11 is 3.60. The summed E-state index contributed by atoms with van der Waals surface area (Å²) in [4.78, 5) is 36.6. The summed E-state index contributed by atoms with van der Waals surface area (Å²) in [5, 5.41) is 1.75. The maximum atomic E-state index is 14.2. The van der Waals surface area contributed by atoms with Crippen LogP contribution in [-0.2, 0) is 19.2 Å². The van der Waals surface area contributed by atoms with Crippen molar-refractivity contribution in [1.82, 2.24) is 0 Å². The molecule has 0 unspecified atom stereocenters. The van der Waals surface area contributed by atoms with Crippen molar-refractivity contribution >= 4 is 39.2 Å². The zero-order valence-corrected chi connectivity index (χ0v) is 25.5. The molecule has 0 aromatic heterocycles.